The minimum atomic E-state index is -4.78. The molecule has 2 aromatic rings. The van der Waals surface area contributed by atoms with Crippen molar-refractivity contribution in [2.75, 3.05) is 30.9 Å². The number of ether oxygens (including phenoxy) is 1. The largest absolute Gasteiger partial charge is 0.492 e. The number of hydrogen-bond donors (Lipinski definition) is 2. The van der Waals surface area contributed by atoms with Gasteiger partial charge in [-0.1, -0.05) is 6.92 Å². The van der Waals surface area contributed by atoms with Crippen LogP contribution < -0.4 is 9.64 Å². The first-order valence-corrected chi connectivity index (χ1v) is 12.8. The van der Waals surface area contributed by atoms with Crippen LogP contribution in [0, 0.1) is 11.7 Å². The van der Waals surface area contributed by atoms with E-state index < -0.39 is 58.5 Å². The molecule has 3 rings (SSSR count). The number of rotatable bonds is 6. The Morgan fingerprint density at radius 1 is 1.13 bits per heavy atom. The van der Waals surface area contributed by atoms with Crippen LogP contribution in [-0.2, 0) is 21.8 Å². The van der Waals surface area contributed by atoms with Crippen LogP contribution in [0.3, 0.4) is 0 Å². The van der Waals surface area contributed by atoms with E-state index in [0.717, 1.165) is 26.2 Å². The van der Waals surface area contributed by atoms with Crippen molar-refractivity contribution in [3.05, 3.63) is 47.8 Å². The van der Waals surface area contributed by atoms with Gasteiger partial charge in [0, 0.05) is 31.5 Å². The number of aliphatic hydroxyl groups is 1. The lowest BCUT2D eigenvalue weighted by Gasteiger charge is -2.26. The number of carboxylic acids is 1. The fourth-order valence-corrected chi connectivity index (χ4v) is 4.30. The average Bonchev–Trinajstić information content (AvgIpc) is 3.01. The third-order valence-corrected chi connectivity index (χ3v) is 6.76. The molecule has 0 radical (unpaired) electrons. The van der Waals surface area contributed by atoms with Crippen molar-refractivity contribution >= 4 is 28.1 Å². The summed E-state index contributed by atoms with van der Waals surface area (Å²) in [5.41, 5.74) is -0.522. The molecule has 38 heavy (non-hydrogen) atoms. The van der Waals surface area contributed by atoms with Gasteiger partial charge in [0.25, 0.3) is 0 Å². The SMILES string of the molecule is CC(COc1cc2c(cc1C(F)(F)F)N(c1ccc(F)cc1)CCCS2=O)C(=O)O.CCC(C)(F)F.CO. The lowest BCUT2D eigenvalue weighted by Crippen LogP contribution is -2.21. The van der Waals surface area contributed by atoms with Crippen LogP contribution in [-0.4, -0.2) is 52.3 Å². The molecule has 6 nitrogen and oxygen atoms in total. The topological polar surface area (TPSA) is 87.1 Å². The summed E-state index contributed by atoms with van der Waals surface area (Å²) >= 11 is 0. The first kappa shape index (κ1) is 33.2. The molecule has 0 fully saturated rings. The standard InChI is InChI=1S/C20H19F4NO4S.C4H8F2.CH4O/c1-12(19(26)27)11-29-17-10-18-16(9-15(17)20(22,23)24)25(7-2-8-30(18)28)14-5-3-13(21)4-6-14;1-3-4(2,5)6;1-2/h3-6,9-10,12H,2,7-8,11H2,1H3,(H,26,27);3H2,1-2H3;2H,1H3. The Labute approximate surface area is 219 Å². The Kier molecular flexibility index (Phi) is 12.6. The Morgan fingerprint density at radius 2 is 1.68 bits per heavy atom. The highest BCUT2D eigenvalue weighted by Gasteiger charge is 2.37. The van der Waals surface area contributed by atoms with Crippen molar-refractivity contribution in [3.63, 3.8) is 0 Å². The second-order valence-corrected chi connectivity index (χ2v) is 9.86. The molecule has 2 N–H and O–H groups in total. The van der Waals surface area contributed by atoms with Gasteiger partial charge in [-0.05, 0) is 56.7 Å². The smallest absolute Gasteiger partial charge is 0.420 e. The van der Waals surface area contributed by atoms with Gasteiger partial charge in [0.05, 0.1) is 32.9 Å². The molecule has 2 atom stereocenters. The van der Waals surface area contributed by atoms with E-state index in [2.05, 4.69) is 0 Å². The van der Waals surface area contributed by atoms with Crippen LogP contribution in [0.15, 0.2) is 41.3 Å². The molecular formula is C25H31F6NO5S. The average molecular weight is 572 g/mol. The summed E-state index contributed by atoms with van der Waals surface area (Å²) < 4.78 is 95.3. The molecule has 0 aromatic heterocycles. The zero-order valence-corrected chi connectivity index (χ0v) is 22.1. The lowest BCUT2D eigenvalue weighted by atomic mass is 10.1. The quantitative estimate of drug-likeness (QED) is 0.399. The predicted octanol–water partition coefficient (Wildman–Crippen LogP) is 6.25. The number of alkyl halides is 5. The summed E-state index contributed by atoms with van der Waals surface area (Å²) in [6, 6.07) is 7.23. The molecule has 0 bridgehead atoms. The molecular weight excluding hydrogens is 540 g/mol. The highest BCUT2D eigenvalue weighted by Crippen LogP contribution is 2.44. The third-order valence-electron chi connectivity index (χ3n) is 5.28. The molecule has 0 spiro atoms. The van der Waals surface area contributed by atoms with E-state index in [4.69, 9.17) is 14.9 Å². The number of aliphatic carboxylic acids is 1. The van der Waals surface area contributed by atoms with Gasteiger partial charge < -0.3 is 19.8 Å². The second-order valence-electron chi connectivity index (χ2n) is 8.32. The Bertz CT molecular complexity index is 1070. The highest BCUT2D eigenvalue weighted by atomic mass is 32.2. The normalized spacial score (nSPS) is 16.1. The molecule has 0 saturated heterocycles. The Hall–Kier alpha value is -2.80. The van der Waals surface area contributed by atoms with Crippen molar-refractivity contribution in [3.8, 4) is 5.75 Å². The van der Waals surface area contributed by atoms with Crippen LogP contribution in [0.2, 0.25) is 0 Å². The van der Waals surface area contributed by atoms with Crippen LogP contribution in [0.1, 0.15) is 39.2 Å². The van der Waals surface area contributed by atoms with Gasteiger partial charge in [0.1, 0.15) is 18.2 Å². The van der Waals surface area contributed by atoms with E-state index in [1.807, 2.05) is 0 Å². The highest BCUT2D eigenvalue weighted by molar-refractivity contribution is 7.85. The molecule has 1 aliphatic heterocycles. The van der Waals surface area contributed by atoms with Crippen LogP contribution >= 0.6 is 0 Å². The summed E-state index contributed by atoms with van der Waals surface area (Å²) in [5.74, 6) is -5.50. The summed E-state index contributed by atoms with van der Waals surface area (Å²) in [5, 5.41) is 16.0. The van der Waals surface area contributed by atoms with Gasteiger partial charge in [-0.25, -0.2) is 13.2 Å². The molecule has 0 saturated carbocycles. The van der Waals surface area contributed by atoms with Crippen molar-refractivity contribution in [2.45, 2.75) is 50.6 Å². The Balaban J connectivity index is 0.000000795. The minimum absolute atomic E-state index is 0.0625. The summed E-state index contributed by atoms with van der Waals surface area (Å²) in [6.07, 6.45) is -4.39. The summed E-state index contributed by atoms with van der Waals surface area (Å²) in [4.78, 5) is 12.7. The minimum Gasteiger partial charge on any atom is -0.492 e. The summed E-state index contributed by atoms with van der Waals surface area (Å²) in [7, 11) is -0.579. The van der Waals surface area contributed by atoms with E-state index in [-0.39, 0.29) is 22.8 Å². The first-order valence-electron chi connectivity index (χ1n) is 11.5. The number of benzene rings is 2. The fraction of sp³-hybridized carbons (Fsp3) is 0.480. The predicted molar refractivity (Wildman–Crippen MR) is 132 cm³/mol. The number of halogens is 6. The molecule has 214 valence electrons. The zero-order chi connectivity index (χ0) is 29.3. The van der Waals surface area contributed by atoms with Crippen molar-refractivity contribution < 1.29 is 50.3 Å². The van der Waals surface area contributed by atoms with E-state index >= 15 is 0 Å². The van der Waals surface area contributed by atoms with E-state index in [0.29, 0.717) is 18.7 Å². The maximum absolute atomic E-state index is 13.7. The molecule has 13 heteroatoms. The molecule has 2 aromatic carbocycles. The van der Waals surface area contributed by atoms with Gasteiger partial charge in [-0.3, -0.25) is 9.00 Å². The van der Waals surface area contributed by atoms with Gasteiger partial charge in [0.15, 0.2) is 0 Å². The number of carboxylic acid groups (broad SMARTS) is 1. The number of aliphatic hydroxyl groups excluding tert-OH is 1. The molecule has 1 aliphatic rings. The number of nitrogens with zero attached hydrogens (tertiary/aromatic N) is 1. The fourth-order valence-electron chi connectivity index (χ4n) is 3.04. The van der Waals surface area contributed by atoms with E-state index in [1.54, 1.807) is 4.90 Å². The number of anilines is 2. The molecule has 0 amide bonds. The van der Waals surface area contributed by atoms with Crippen LogP contribution in [0.5, 0.6) is 5.75 Å². The van der Waals surface area contributed by atoms with Gasteiger partial charge in [-0.15, -0.1) is 0 Å². The third kappa shape index (κ3) is 9.82. The maximum atomic E-state index is 13.7. The van der Waals surface area contributed by atoms with E-state index in [1.165, 1.54) is 38.1 Å². The first-order chi connectivity index (χ1) is 17.6. The maximum Gasteiger partial charge on any atom is 0.420 e. The molecule has 1 heterocycles. The lowest BCUT2D eigenvalue weighted by molar-refractivity contribution is -0.142. The van der Waals surface area contributed by atoms with E-state index in [9.17, 15) is 35.3 Å². The van der Waals surface area contributed by atoms with Gasteiger partial charge >= 0.3 is 12.1 Å². The number of hydrogen-bond acceptors (Lipinski definition) is 5. The van der Waals surface area contributed by atoms with Crippen LogP contribution in [0.4, 0.5) is 37.7 Å². The van der Waals surface area contributed by atoms with Gasteiger partial charge in [0.2, 0.25) is 5.92 Å². The van der Waals surface area contributed by atoms with Crippen LogP contribution in [0.25, 0.3) is 0 Å². The van der Waals surface area contributed by atoms with Crippen molar-refractivity contribution in [2.24, 2.45) is 5.92 Å². The number of carbonyl (C=O) groups is 1. The molecule has 0 aliphatic carbocycles. The van der Waals surface area contributed by atoms with Crippen molar-refractivity contribution in [1.29, 1.82) is 0 Å². The monoisotopic (exact) mass is 571 g/mol. The van der Waals surface area contributed by atoms with Gasteiger partial charge in [-0.2, -0.15) is 13.2 Å². The summed E-state index contributed by atoms with van der Waals surface area (Å²) in [6.45, 7) is 3.52. The second kappa shape index (κ2) is 14.4. The Morgan fingerprint density at radius 3 is 2.16 bits per heavy atom. The number of fused-ring (bicyclic) bond motifs is 1. The molecule has 2 unspecified atom stereocenters. The van der Waals surface area contributed by atoms with Crippen molar-refractivity contribution in [1.82, 2.24) is 0 Å². The zero-order valence-electron chi connectivity index (χ0n) is 21.3.